The van der Waals surface area contributed by atoms with Crippen molar-refractivity contribution < 1.29 is 13.6 Å². The van der Waals surface area contributed by atoms with Crippen molar-refractivity contribution in [2.75, 3.05) is 19.6 Å². The van der Waals surface area contributed by atoms with Gasteiger partial charge in [0, 0.05) is 5.39 Å². The molecule has 0 saturated carbocycles. The summed E-state index contributed by atoms with van der Waals surface area (Å²) in [7, 11) is 0. The maximum atomic E-state index is 13.0. The zero-order valence-electron chi connectivity index (χ0n) is 11.8. The third-order valence-electron chi connectivity index (χ3n) is 4.30. The van der Waals surface area contributed by atoms with E-state index in [4.69, 9.17) is 10.2 Å². The number of hydrogen-bond acceptors (Lipinski definition) is 3. The third-order valence-corrected chi connectivity index (χ3v) is 4.30. The Labute approximate surface area is 122 Å². The van der Waals surface area contributed by atoms with Gasteiger partial charge in [0.1, 0.15) is 0 Å². The molecule has 2 bridgehead atoms. The molecule has 3 aliphatic heterocycles. The van der Waals surface area contributed by atoms with Gasteiger partial charge in [-0.2, -0.15) is 0 Å². The quantitative estimate of drug-likeness (QED) is 0.878. The minimum atomic E-state index is -0.699. The average molecular weight is 290 g/mol. The summed E-state index contributed by atoms with van der Waals surface area (Å²) >= 11 is 0. The molecule has 1 aromatic heterocycles. The first-order valence-electron chi connectivity index (χ1n) is 7.33. The molecule has 3 fully saturated rings. The van der Waals surface area contributed by atoms with Crippen LogP contribution in [-0.2, 0) is 0 Å². The van der Waals surface area contributed by atoms with E-state index in [1.807, 2.05) is 0 Å². The van der Waals surface area contributed by atoms with Crippen LogP contribution in [-0.4, -0.2) is 30.4 Å². The van der Waals surface area contributed by atoms with Crippen LogP contribution in [0.4, 0.5) is 4.39 Å². The van der Waals surface area contributed by atoms with Crippen LogP contribution in [0.1, 0.15) is 29.8 Å². The third kappa shape index (κ3) is 3.08. The highest BCUT2D eigenvalue weighted by atomic mass is 19.1. The van der Waals surface area contributed by atoms with Crippen LogP contribution in [0, 0.1) is 11.7 Å². The number of carbonyl (C=O) groups excluding carboxylic acids is 1. The maximum Gasteiger partial charge on any atom is 0.284 e. The number of carbonyl (C=O) groups is 1. The first kappa shape index (κ1) is 14.1. The van der Waals surface area contributed by atoms with Crippen molar-refractivity contribution in [1.82, 2.24) is 4.90 Å². The second-order valence-corrected chi connectivity index (χ2v) is 5.71. The maximum absolute atomic E-state index is 13.0. The molecule has 0 unspecified atom stereocenters. The van der Waals surface area contributed by atoms with E-state index in [0.29, 0.717) is 5.39 Å². The lowest BCUT2D eigenvalue weighted by atomic mass is 9.89. The summed E-state index contributed by atoms with van der Waals surface area (Å²) in [6, 6.07) is 5.86. The van der Waals surface area contributed by atoms with Crippen molar-refractivity contribution in [3.05, 3.63) is 35.8 Å². The highest BCUT2D eigenvalue weighted by Crippen LogP contribution is 2.26. The summed E-state index contributed by atoms with van der Waals surface area (Å²) in [6.07, 6.45) is 4.46. The molecule has 2 aromatic rings. The first-order valence-corrected chi connectivity index (χ1v) is 7.33. The summed E-state index contributed by atoms with van der Waals surface area (Å²) in [5, 5.41) is 0.536. The van der Waals surface area contributed by atoms with Crippen LogP contribution in [0.25, 0.3) is 11.0 Å². The van der Waals surface area contributed by atoms with Gasteiger partial charge in [0.25, 0.3) is 5.91 Å². The molecule has 1 aromatic carbocycles. The highest BCUT2D eigenvalue weighted by molar-refractivity contribution is 5.95. The Morgan fingerprint density at radius 1 is 1.24 bits per heavy atom. The van der Waals surface area contributed by atoms with Crippen molar-refractivity contribution in [2.24, 2.45) is 11.7 Å². The predicted molar refractivity (Wildman–Crippen MR) is 78.5 cm³/mol. The first-order chi connectivity index (χ1) is 10.1. The largest absolute Gasteiger partial charge is 0.448 e. The van der Waals surface area contributed by atoms with Gasteiger partial charge in [0.15, 0.2) is 17.2 Å². The molecule has 0 aliphatic carbocycles. The number of fused-ring (bicyclic) bond motifs is 4. The van der Waals surface area contributed by atoms with E-state index >= 15 is 0 Å². The van der Waals surface area contributed by atoms with Crippen molar-refractivity contribution in [3.63, 3.8) is 0 Å². The highest BCUT2D eigenvalue weighted by Gasteiger charge is 2.24. The smallest absolute Gasteiger partial charge is 0.284 e. The van der Waals surface area contributed by atoms with Gasteiger partial charge in [-0.15, -0.1) is 0 Å². The minimum absolute atomic E-state index is 0.0277. The van der Waals surface area contributed by atoms with Crippen LogP contribution in [0.3, 0.4) is 0 Å². The number of para-hydroxylation sites is 1. The van der Waals surface area contributed by atoms with E-state index < -0.39 is 11.7 Å². The van der Waals surface area contributed by atoms with E-state index in [9.17, 15) is 9.18 Å². The SMILES string of the molecule is C1CN2CCC1CC2.NC(=O)c1cc2cccc(F)c2o1. The fourth-order valence-corrected chi connectivity index (χ4v) is 3.01. The molecule has 3 saturated heterocycles. The van der Waals surface area contributed by atoms with Gasteiger partial charge in [0.2, 0.25) is 0 Å². The standard InChI is InChI=1S/C9H6FNO2.C7H13N/c10-6-3-1-2-5-4-7(9(11)12)13-8(5)6;1-4-8-5-2-7(1)3-6-8/h1-4H,(H2,11,12);7H,1-6H2. The number of rotatable bonds is 1. The van der Waals surface area contributed by atoms with Gasteiger partial charge >= 0.3 is 0 Å². The molecule has 2 N–H and O–H groups in total. The van der Waals surface area contributed by atoms with Gasteiger partial charge in [-0.05, 0) is 56.9 Å². The molecule has 0 radical (unpaired) electrons. The Bertz CT molecular complexity index is 622. The molecular formula is C16H19FN2O2. The summed E-state index contributed by atoms with van der Waals surface area (Å²) in [6.45, 7) is 4.18. The normalized spacial score (nSPS) is 23.7. The Hall–Kier alpha value is -1.88. The molecular weight excluding hydrogens is 271 g/mol. The molecule has 4 heterocycles. The number of benzene rings is 1. The van der Waals surface area contributed by atoms with Gasteiger partial charge in [-0.25, -0.2) is 4.39 Å². The van der Waals surface area contributed by atoms with Crippen LogP contribution >= 0.6 is 0 Å². The number of furan rings is 1. The lowest BCUT2D eigenvalue weighted by Gasteiger charge is -2.38. The molecule has 4 nitrogen and oxygen atoms in total. The average Bonchev–Trinajstić information content (AvgIpc) is 2.96. The molecule has 21 heavy (non-hydrogen) atoms. The zero-order valence-corrected chi connectivity index (χ0v) is 11.8. The van der Waals surface area contributed by atoms with Crippen molar-refractivity contribution in [3.8, 4) is 0 Å². The number of hydrogen-bond donors (Lipinski definition) is 1. The number of nitrogens with zero attached hydrogens (tertiary/aromatic N) is 1. The van der Waals surface area contributed by atoms with Crippen molar-refractivity contribution >= 4 is 16.9 Å². The second-order valence-electron chi connectivity index (χ2n) is 5.71. The summed E-state index contributed by atoms with van der Waals surface area (Å²) in [5.41, 5.74) is 5.04. The molecule has 0 spiro atoms. The summed E-state index contributed by atoms with van der Waals surface area (Å²) in [5.74, 6) is -0.110. The van der Waals surface area contributed by atoms with E-state index in [2.05, 4.69) is 4.90 Å². The molecule has 5 rings (SSSR count). The summed E-state index contributed by atoms with van der Waals surface area (Å²) in [4.78, 5) is 13.3. The van der Waals surface area contributed by atoms with Crippen LogP contribution in [0.15, 0.2) is 28.7 Å². The van der Waals surface area contributed by atoms with Crippen LogP contribution in [0.2, 0.25) is 0 Å². The summed E-state index contributed by atoms with van der Waals surface area (Å²) < 4.78 is 17.9. The van der Waals surface area contributed by atoms with Gasteiger partial charge < -0.3 is 15.1 Å². The van der Waals surface area contributed by atoms with Gasteiger partial charge in [-0.3, -0.25) is 4.79 Å². The number of halogens is 1. The predicted octanol–water partition coefficient (Wildman–Crippen LogP) is 2.77. The zero-order chi connectivity index (χ0) is 14.8. The van der Waals surface area contributed by atoms with Crippen molar-refractivity contribution in [2.45, 2.75) is 19.3 Å². The van der Waals surface area contributed by atoms with E-state index in [1.165, 1.54) is 57.1 Å². The van der Waals surface area contributed by atoms with E-state index in [1.54, 1.807) is 6.07 Å². The molecule has 112 valence electrons. The number of nitrogens with two attached hydrogens (primary N) is 1. The van der Waals surface area contributed by atoms with Gasteiger partial charge in [-0.1, -0.05) is 12.1 Å². The van der Waals surface area contributed by atoms with Crippen LogP contribution < -0.4 is 5.73 Å². The fraction of sp³-hybridized carbons (Fsp3) is 0.438. The van der Waals surface area contributed by atoms with E-state index in [-0.39, 0.29) is 11.3 Å². The molecule has 0 atom stereocenters. The van der Waals surface area contributed by atoms with Gasteiger partial charge in [0.05, 0.1) is 0 Å². The molecule has 3 aliphatic rings. The topological polar surface area (TPSA) is 59.5 Å². The van der Waals surface area contributed by atoms with Crippen LogP contribution in [0.5, 0.6) is 0 Å². The molecule has 1 amide bonds. The minimum Gasteiger partial charge on any atom is -0.448 e. The Morgan fingerprint density at radius 3 is 2.33 bits per heavy atom. The lowest BCUT2D eigenvalue weighted by molar-refractivity contribution is 0.0976. The van der Waals surface area contributed by atoms with E-state index in [0.717, 1.165) is 5.92 Å². The Morgan fingerprint density at radius 2 is 1.90 bits per heavy atom. The Balaban J connectivity index is 0.000000140. The second kappa shape index (κ2) is 5.85. The molecule has 5 heteroatoms. The lowest BCUT2D eigenvalue weighted by Crippen LogP contribution is -2.41. The number of amides is 1. The number of primary amides is 1. The monoisotopic (exact) mass is 290 g/mol. The Kier molecular flexibility index (Phi) is 3.92. The van der Waals surface area contributed by atoms with Crippen molar-refractivity contribution in [1.29, 1.82) is 0 Å². The fourth-order valence-electron chi connectivity index (χ4n) is 3.01. The number of piperidine rings is 3.